The van der Waals surface area contributed by atoms with E-state index in [0.29, 0.717) is 29.0 Å². The number of fused-ring (bicyclic) bond motifs is 2. The number of aromatic nitrogens is 7. The van der Waals surface area contributed by atoms with Crippen LogP contribution < -0.4 is 10.2 Å². The molecule has 1 aromatic carbocycles. The molecule has 0 bridgehead atoms. The third-order valence-corrected chi connectivity index (χ3v) is 6.67. The second-order valence-corrected chi connectivity index (χ2v) is 9.56. The minimum absolute atomic E-state index is 0.262. The Bertz CT molecular complexity index is 1520. The lowest BCUT2D eigenvalue weighted by molar-refractivity contribution is 0.311. The quantitative estimate of drug-likeness (QED) is 0.377. The summed E-state index contributed by atoms with van der Waals surface area (Å²) >= 11 is 0. The van der Waals surface area contributed by atoms with Gasteiger partial charge in [0.25, 0.3) is 0 Å². The number of nitrogens with one attached hydrogen (secondary N) is 2. The van der Waals surface area contributed by atoms with E-state index in [0.717, 1.165) is 48.9 Å². The number of aromatic amines is 1. The van der Waals surface area contributed by atoms with E-state index in [-0.39, 0.29) is 11.9 Å². The smallest absolute Gasteiger partial charge is 0.177 e. The minimum Gasteiger partial charge on any atom is -0.375 e. The van der Waals surface area contributed by atoms with E-state index >= 15 is 0 Å². The molecule has 1 saturated heterocycles. The normalized spacial score (nSPS) is 15.0. The van der Waals surface area contributed by atoms with Gasteiger partial charge in [-0.25, -0.2) is 18.9 Å². The number of nitrogens with zero attached hydrogens (tertiary/aromatic N) is 8. The van der Waals surface area contributed by atoms with Crippen molar-refractivity contribution in [3.8, 4) is 11.3 Å². The summed E-state index contributed by atoms with van der Waals surface area (Å²) in [6.07, 6.45) is 5.71. The lowest BCUT2D eigenvalue weighted by Crippen LogP contribution is -2.45. The highest BCUT2D eigenvalue weighted by atomic mass is 19.1. The average Bonchev–Trinajstić information content (AvgIpc) is 3.61. The van der Waals surface area contributed by atoms with E-state index in [4.69, 9.17) is 10.1 Å². The van der Waals surface area contributed by atoms with E-state index in [9.17, 15) is 4.39 Å². The average molecular weight is 489 g/mol. The summed E-state index contributed by atoms with van der Waals surface area (Å²) in [6.45, 7) is 8.33. The Morgan fingerprint density at radius 2 is 1.97 bits per heavy atom. The zero-order valence-corrected chi connectivity index (χ0v) is 20.6. The molecule has 0 unspecified atom stereocenters. The summed E-state index contributed by atoms with van der Waals surface area (Å²) < 4.78 is 17.9. The third kappa shape index (κ3) is 4.05. The molecule has 0 atom stereocenters. The van der Waals surface area contributed by atoms with Gasteiger partial charge in [-0.2, -0.15) is 5.10 Å². The van der Waals surface area contributed by atoms with E-state index in [1.807, 2.05) is 39.9 Å². The van der Waals surface area contributed by atoms with Crippen LogP contribution >= 0.6 is 0 Å². The van der Waals surface area contributed by atoms with Crippen molar-refractivity contribution < 1.29 is 4.39 Å². The first-order valence-corrected chi connectivity index (χ1v) is 12.2. The fraction of sp³-hybridized carbons (Fsp3) is 0.360. The SMILES string of the molecule is CC(C)n1cc(-c2cnc3c(NCc4nc5c(F)cccc5[nH]4)cc(N4CCN(C)CC4)nn23)cn1. The first-order chi connectivity index (χ1) is 17.5. The molecule has 11 heteroatoms. The van der Waals surface area contributed by atoms with Crippen LogP contribution in [0.3, 0.4) is 0 Å². The van der Waals surface area contributed by atoms with Gasteiger partial charge in [-0.1, -0.05) is 6.07 Å². The molecule has 186 valence electrons. The van der Waals surface area contributed by atoms with Crippen molar-refractivity contribution in [3.63, 3.8) is 0 Å². The maximum Gasteiger partial charge on any atom is 0.177 e. The number of para-hydroxylation sites is 1. The lowest BCUT2D eigenvalue weighted by atomic mass is 10.3. The number of hydrogen-bond acceptors (Lipinski definition) is 7. The van der Waals surface area contributed by atoms with Crippen LogP contribution in [-0.4, -0.2) is 72.5 Å². The van der Waals surface area contributed by atoms with Crippen LogP contribution in [0.5, 0.6) is 0 Å². The summed E-state index contributed by atoms with van der Waals surface area (Å²) in [6, 6.07) is 7.22. The predicted octanol–water partition coefficient (Wildman–Crippen LogP) is 3.55. The zero-order valence-electron chi connectivity index (χ0n) is 20.6. The van der Waals surface area contributed by atoms with Crippen molar-refractivity contribution in [1.29, 1.82) is 0 Å². The van der Waals surface area contributed by atoms with Gasteiger partial charge in [-0.3, -0.25) is 4.68 Å². The molecular formula is C25H29FN10. The molecule has 36 heavy (non-hydrogen) atoms. The Kier molecular flexibility index (Phi) is 5.56. The number of H-pyrrole nitrogens is 1. The van der Waals surface area contributed by atoms with Crippen LogP contribution in [0.4, 0.5) is 15.9 Å². The molecule has 0 amide bonds. The van der Waals surface area contributed by atoms with Gasteiger partial charge in [0.15, 0.2) is 17.3 Å². The monoisotopic (exact) mass is 488 g/mol. The summed E-state index contributed by atoms with van der Waals surface area (Å²) in [5.41, 5.74) is 4.40. The molecule has 6 rings (SSSR count). The van der Waals surface area contributed by atoms with Crippen molar-refractivity contribution in [1.82, 2.24) is 39.2 Å². The number of anilines is 2. The topological polar surface area (TPSA) is 95.2 Å². The molecule has 4 aromatic heterocycles. The summed E-state index contributed by atoms with van der Waals surface area (Å²) in [4.78, 5) is 16.9. The van der Waals surface area contributed by atoms with Crippen molar-refractivity contribution >= 4 is 28.2 Å². The maximum atomic E-state index is 14.1. The molecule has 1 fully saturated rings. The van der Waals surface area contributed by atoms with Crippen LogP contribution in [-0.2, 0) is 6.54 Å². The van der Waals surface area contributed by atoms with Crippen LogP contribution in [0.2, 0.25) is 0 Å². The third-order valence-electron chi connectivity index (χ3n) is 6.67. The Labute approximate surface area is 207 Å². The van der Waals surface area contributed by atoms with Gasteiger partial charge >= 0.3 is 0 Å². The van der Waals surface area contributed by atoms with Gasteiger partial charge < -0.3 is 20.1 Å². The largest absolute Gasteiger partial charge is 0.375 e. The number of benzene rings is 1. The number of imidazole rings is 2. The summed E-state index contributed by atoms with van der Waals surface area (Å²) in [7, 11) is 2.14. The van der Waals surface area contributed by atoms with Crippen LogP contribution in [0, 0.1) is 5.82 Å². The van der Waals surface area contributed by atoms with E-state index in [1.54, 1.807) is 6.07 Å². The Balaban J connectivity index is 1.38. The van der Waals surface area contributed by atoms with Gasteiger partial charge in [0.05, 0.1) is 35.8 Å². The second kappa shape index (κ2) is 8.90. The molecular weight excluding hydrogens is 459 g/mol. The first kappa shape index (κ1) is 22.5. The van der Waals surface area contributed by atoms with E-state index in [1.165, 1.54) is 6.07 Å². The highest BCUT2D eigenvalue weighted by molar-refractivity contribution is 5.77. The summed E-state index contributed by atoms with van der Waals surface area (Å²) in [5.74, 6) is 1.19. The molecule has 5 heterocycles. The number of hydrogen-bond donors (Lipinski definition) is 2. The predicted molar refractivity (Wildman–Crippen MR) is 138 cm³/mol. The van der Waals surface area contributed by atoms with E-state index in [2.05, 4.69) is 51.1 Å². The van der Waals surface area contributed by atoms with Crippen molar-refractivity contribution in [3.05, 3.63) is 54.5 Å². The number of likely N-dealkylation sites (N-methyl/N-ethyl adjacent to an activating group) is 1. The Morgan fingerprint density at radius 1 is 1.14 bits per heavy atom. The fourth-order valence-electron chi connectivity index (χ4n) is 4.54. The van der Waals surface area contributed by atoms with Crippen molar-refractivity contribution in [2.24, 2.45) is 0 Å². The molecule has 5 aromatic rings. The molecule has 2 N–H and O–H groups in total. The standard InChI is InChI=1S/C25H29FN10/c1-16(2)35-15-17(12-29-35)21-13-28-25-20(11-23(32-36(21)25)34-9-7-33(3)8-10-34)27-14-22-30-19-6-4-5-18(26)24(19)31-22/h4-6,11-13,15-16,27H,7-10,14H2,1-3H3,(H,30,31). The highest BCUT2D eigenvalue weighted by Crippen LogP contribution is 2.28. The molecule has 0 aliphatic carbocycles. The minimum atomic E-state index is -0.335. The van der Waals surface area contributed by atoms with Crippen LogP contribution in [0.15, 0.2) is 42.9 Å². The molecule has 10 nitrogen and oxygen atoms in total. The number of rotatable bonds is 6. The zero-order chi connectivity index (χ0) is 24.8. The fourth-order valence-corrected chi connectivity index (χ4v) is 4.54. The number of halogens is 1. The molecule has 0 spiro atoms. The van der Waals surface area contributed by atoms with Gasteiger partial charge in [-0.05, 0) is 33.0 Å². The van der Waals surface area contributed by atoms with E-state index < -0.39 is 0 Å². The Morgan fingerprint density at radius 3 is 2.72 bits per heavy atom. The number of piperazine rings is 1. The first-order valence-electron chi connectivity index (χ1n) is 12.2. The summed E-state index contributed by atoms with van der Waals surface area (Å²) in [5, 5.41) is 12.9. The maximum absolute atomic E-state index is 14.1. The Hall–Kier alpha value is -3.99. The lowest BCUT2D eigenvalue weighted by Gasteiger charge is -2.33. The van der Waals surface area contributed by atoms with Crippen LogP contribution in [0.1, 0.15) is 25.7 Å². The van der Waals surface area contributed by atoms with Crippen LogP contribution in [0.25, 0.3) is 27.9 Å². The van der Waals surface area contributed by atoms with Gasteiger partial charge in [0, 0.05) is 50.0 Å². The van der Waals surface area contributed by atoms with Crippen molar-refractivity contribution in [2.75, 3.05) is 43.4 Å². The van der Waals surface area contributed by atoms with Gasteiger partial charge in [0.1, 0.15) is 11.3 Å². The van der Waals surface area contributed by atoms with Gasteiger partial charge in [0.2, 0.25) is 0 Å². The second-order valence-electron chi connectivity index (χ2n) is 9.56. The van der Waals surface area contributed by atoms with Crippen molar-refractivity contribution in [2.45, 2.75) is 26.4 Å². The van der Waals surface area contributed by atoms with Gasteiger partial charge in [-0.15, -0.1) is 5.10 Å². The highest BCUT2D eigenvalue weighted by Gasteiger charge is 2.20. The molecule has 1 aliphatic rings. The molecule has 0 radical (unpaired) electrons. The molecule has 1 aliphatic heterocycles. The molecule has 0 saturated carbocycles.